The molecule has 5 heteroatoms. The molecule has 2 atom stereocenters. The highest BCUT2D eigenvalue weighted by molar-refractivity contribution is 8.06. The summed E-state index contributed by atoms with van der Waals surface area (Å²) < 4.78 is 0. The van der Waals surface area contributed by atoms with E-state index in [9.17, 15) is 4.79 Å². The Morgan fingerprint density at radius 3 is 3.00 bits per heavy atom. The Bertz CT molecular complexity index is 186. The van der Waals surface area contributed by atoms with Crippen LogP contribution < -0.4 is 5.32 Å². The Hall–Kier alpha value is 0.460. The maximum atomic E-state index is 11.4. The minimum Gasteiger partial charge on any atom is -0.355 e. The van der Waals surface area contributed by atoms with Gasteiger partial charge < -0.3 is 5.32 Å². The first-order valence-electron chi connectivity index (χ1n) is 4.77. The van der Waals surface area contributed by atoms with E-state index in [-0.39, 0.29) is 11.8 Å². The summed E-state index contributed by atoms with van der Waals surface area (Å²) in [5.74, 6) is 4.01. The van der Waals surface area contributed by atoms with Gasteiger partial charge in [-0.1, -0.05) is 6.92 Å². The summed E-state index contributed by atoms with van der Waals surface area (Å²) in [6.45, 7) is 2.64. The van der Waals surface area contributed by atoms with E-state index in [4.69, 9.17) is 11.6 Å². The fourth-order valence-electron chi connectivity index (χ4n) is 1.11. The van der Waals surface area contributed by atoms with Crippen molar-refractivity contribution in [2.75, 3.05) is 29.7 Å². The zero-order valence-electron chi connectivity index (χ0n) is 8.29. The van der Waals surface area contributed by atoms with Crippen LogP contribution in [0.15, 0.2) is 0 Å². The molecule has 0 spiro atoms. The van der Waals surface area contributed by atoms with Crippen molar-refractivity contribution in [3.8, 4) is 0 Å². The van der Waals surface area contributed by atoms with Gasteiger partial charge in [0.15, 0.2) is 0 Å². The number of carbonyl (C=O) groups is 1. The van der Waals surface area contributed by atoms with Crippen LogP contribution >= 0.6 is 35.1 Å². The fraction of sp³-hybridized carbons (Fsp3) is 0.889. The highest BCUT2D eigenvalue weighted by Gasteiger charge is 2.17. The van der Waals surface area contributed by atoms with Crippen LogP contribution in [-0.2, 0) is 4.79 Å². The van der Waals surface area contributed by atoms with Crippen LogP contribution in [0.5, 0.6) is 0 Å². The Kier molecular flexibility index (Phi) is 6.13. The minimum atomic E-state index is -0.0714. The van der Waals surface area contributed by atoms with Gasteiger partial charge in [-0.3, -0.25) is 4.79 Å². The first kappa shape index (κ1) is 12.5. The summed E-state index contributed by atoms with van der Waals surface area (Å²) in [5, 5.41) is 3.53. The van der Waals surface area contributed by atoms with Gasteiger partial charge in [0.2, 0.25) is 5.91 Å². The van der Waals surface area contributed by atoms with Crippen molar-refractivity contribution >= 4 is 41.0 Å². The van der Waals surface area contributed by atoms with Crippen LogP contribution in [-0.4, -0.2) is 40.8 Å². The summed E-state index contributed by atoms with van der Waals surface area (Å²) in [7, 11) is 0. The number of hydrogen-bond acceptors (Lipinski definition) is 3. The summed E-state index contributed by atoms with van der Waals surface area (Å²) in [4.78, 5) is 11.4. The number of alkyl halides is 1. The number of nitrogens with one attached hydrogen (secondary N) is 1. The molecule has 1 N–H and O–H groups in total. The molecule has 2 nitrogen and oxygen atoms in total. The molecule has 82 valence electrons. The molecule has 0 saturated carbocycles. The molecule has 0 aromatic carbocycles. The molecular formula is C9H16ClNOS2. The summed E-state index contributed by atoms with van der Waals surface area (Å²) >= 11 is 9.52. The van der Waals surface area contributed by atoms with Crippen molar-refractivity contribution in [1.82, 2.24) is 5.32 Å². The maximum absolute atomic E-state index is 11.4. The topological polar surface area (TPSA) is 29.1 Å². The molecule has 0 bridgehead atoms. The number of amides is 1. The van der Waals surface area contributed by atoms with Gasteiger partial charge in [0.25, 0.3) is 0 Å². The fourth-order valence-corrected chi connectivity index (χ4v) is 3.87. The second-order valence-corrected chi connectivity index (χ2v) is 6.23. The molecule has 0 aromatic heterocycles. The molecule has 14 heavy (non-hydrogen) atoms. The van der Waals surface area contributed by atoms with Crippen LogP contribution in [0.25, 0.3) is 0 Å². The third kappa shape index (κ3) is 4.32. The number of rotatable bonds is 4. The predicted molar refractivity (Wildman–Crippen MR) is 66.5 cm³/mol. The lowest BCUT2D eigenvalue weighted by Gasteiger charge is -2.21. The molecule has 1 amide bonds. The molecule has 1 heterocycles. The van der Waals surface area contributed by atoms with Gasteiger partial charge in [-0.25, -0.2) is 0 Å². The minimum absolute atomic E-state index is 0.0714. The second-order valence-electron chi connectivity index (χ2n) is 3.37. The van der Waals surface area contributed by atoms with Gasteiger partial charge in [0.05, 0.1) is 0 Å². The molecular weight excluding hydrogens is 238 g/mol. The Labute approximate surface area is 98.9 Å². The second kappa shape index (κ2) is 6.85. The number of hydrogen-bond donors (Lipinski definition) is 1. The standard InChI is InChI=1S/C9H16ClNOS2/c1-7(4-10)9(12)11-5-8-6-13-2-3-14-8/h7-8H,2-6H2,1H3,(H,11,12). The third-order valence-corrected chi connectivity index (χ3v) is 5.38. The van der Waals surface area contributed by atoms with E-state index in [1.165, 1.54) is 11.5 Å². The zero-order valence-corrected chi connectivity index (χ0v) is 10.7. The molecule has 0 aliphatic carbocycles. The first-order chi connectivity index (χ1) is 6.74. The lowest BCUT2D eigenvalue weighted by atomic mass is 10.2. The molecule has 1 aliphatic rings. The Morgan fingerprint density at radius 1 is 1.64 bits per heavy atom. The number of carbonyl (C=O) groups excluding carboxylic acids is 1. The molecule has 1 saturated heterocycles. The lowest BCUT2D eigenvalue weighted by Crippen LogP contribution is -2.36. The van der Waals surface area contributed by atoms with Crippen molar-refractivity contribution in [3.05, 3.63) is 0 Å². The van der Waals surface area contributed by atoms with Gasteiger partial charge >= 0.3 is 0 Å². The van der Waals surface area contributed by atoms with E-state index in [0.717, 1.165) is 12.3 Å². The third-order valence-electron chi connectivity index (χ3n) is 2.07. The summed E-state index contributed by atoms with van der Waals surface area (Å²) in [5.41, 5.74) is 0. The van der Waals surface area contributed by atoms with Gasteiger partial charge in [-0.15, -0.1) is 11.6 Å². The maximum Gasteiger partial charge on any atom is 0.224 e. The summed E-state index contributed by atoms with van der Waals surface area (Å²) in [6, 6.07) is 0. The average molecular weight is 254 g/mol. The van der Waals surface area contributed by atoms with Crippen molar-refractivity contribution in [2.24, 2.45) is 5.92 Å². The first-order valence-corrected chi connectivity index (χ1v) is 7.51. The average Bonchev–Trinajstić information content (AvgIpc) is 2.26. The van der Waals surface area contributed by atoms with Crippen molar-refractivity contribution in [1.29, 1.82) is 0 Å². The van der Waals surface area contributed by atoms with Gasteiger partial charge in [0, 0.05) is 40.9 Å². The van der Waals surface area contributed by atoms with E-state index < -0.39 is 0 Å². The van der Waals surface area contributed by atoms with E-state index in [0.29, 0.717) is 11.1 Å². The Morgan fingerprint density at radius 2 is 2.43 bits per heavy atom. The van der Waals surface area contributed by atoms with E-state index in [2.05, 4.69) is 5.32 Å². The quantitative estimate of drug-likeness (QED) is 0.775. The SMILES string of the molecule is CC(CCl)C(=O)NCC1CSCCS1. The van der Waals surface area contributed by atoms with E-state index in [1.54, 1.807) is 0 Å². The monoisotopic (exact) mass is 253 g/mol. The largest absolute Gasteiger partial charge is 0.355 e. The molecule has 0 aromatic rings. The molecule has 0 radical (unpaired) electrons. The highest BCUT2D eigenvalue weighted by Crippen LogP contribution is 2.23. The number of halogens is 1. The van der Waals surface area contributed by atoms with Crippen molar-refractivity contribution < 1.29 is 4.79 Å². The molecule has 1 rings (SSSR count). The molecule has 1 aliphatic heterocycles. The van der Waals surface area contributed by atoms with Crippen LogP contribution in [0, 0.1) is 5.92 Å². The molecule has 1 fully saturated rings. The van der Waals surface area contributed by atoms with Crippen molar-refractivity contribution in [2.45, 2.75) is 12.2 Å². The van der Waals surface area contributed by atoms with Gasteiger partial charge in [-0.05, 0) is 0 Å². The summed E-state index contributed by atoms with van der Waals surface area (Å²) in [6.07, 6.45) is 0. The zero-order chi connectivity index (χ0) is 10.4. The highest BCUT2D eigenvalue weighted by atomic mass is 35.5. The van der Waals surface area contributed by atoms with Gasteiger partial charge in [0.1, 0.15) is 0 Å². The van der Waals surface area contributed by atoms with Crippen LogP contribution in [0.2, 0.25) is 0 Å². The Balaban J connectivity index is 2.15. The lowest BCUT2D eigenvalue weighted by molar-refractivity contribution is -0.123. The van der Waals surface area contributed by atoms with Crippen LogP contribution in [0.1, 0.15) is 6.92 Å². The number of thioether (sulfide) groups is 2. The van der Waals surface area contributed by atoms with Crippen LogP contribution in [0.3, 0.4) is 0 Å². The normalized spacial score (nSPS) is 24.3. The van der Waals surface area contributed by atoms with E-state index >= 15 is 0 Å². The predicted octanol–water partition coefficient (Wildman–Crippen LogP) is 1.83. The smallest absolute Gasteiger partial charge is 0.224 e. The van der Waals surface area contributed by atoms with Crippen molar-refractivity contribution in [3.63, 3.8) is 0 Å². The van der Waals surface area contributed by atoms with Crippen LogP contribution in [0.4, 0.5) is 0 Å². The van der Waals surface area contributed by atoms with Gasteiger partial charge in [-0.2, -0.15) is 23.5 Å². The molecule has 2 unspecified atom stereocenters. The van der Waals surface area contributed by atoms with E-state index in [1.807, 2.05) is 30.4 Å².